The Labute approximate surface area is 131 Å². The lowest BCUT2D eigenvalue weighted by molar-refractivity contribution is -0.131. The SMILES string of the molecule is NS(=O)(=O)c1cccc2c1C(=O)N(C1CCC(O)NC1=O)C2=O. The summed E-state index contributed by atoms with van der Waals surface area (Å²) in [5.41, 5.74) is -0.431. The van der Waals surface area contributed by atoms with Gasteiger partial charge < -0.3 is 10.4 Å². The molecule has 23 heavy (non-hydrogen) atoms. The van der Waals surface area contributed by atoms with Crippen LogP contribution in [0.15, 0.2) is 23.1 Å². The third kappa shape index (κ3) is 2.40. The zero-order chi connectivity index (χ0) is 16.9. The normalized spacial score (nSPS) is 24.6. The molecule has 122 valence electrons. The van der Waals surface area contributed by atoms with Crippen molar-refractivity contribution in [1.29, 1.82) is 0 Å². The van der Waals surface area contributed by atoms with E-state index < -0.39 is 44.9 Å². The van der Waals surface area contributed by atoms with Crippen molar-refractivity contribution in [2.75, 3.05) is 0 Å². The predicted octanol–water partition coefficient (Wildman–Crippen LogP) is -1.47. The molecular weight excluding hydrogens is 326 g/mol. The molecule has 1 aromatic carbocycles. The van der Waals surface area contributed by atoms with E-state index in [9.17, 15) is 27.9 Å². The van der Waals surface area contributed by atoms with E-state index >= 15 is 0 Å². The molecular formula is C13H13N3O6S. The first kappa shape index (κ1) is 15.6. The Morgan fingerprint density at radius 3 is 2.48 bits per heavy atom. The topological polar surface area (TPSA) is 147 Å². The van der Waals surface area contributed by atoms with E-state index in [4.69, 9.17) is 5.14 Å². The van der Waals surface area contributed by atoms with Crippen molar-refractivity contribution < 1.29 is 27.9 Å². The van der Waals surface area contributed by atoms with Crippen LogP contribution in [0, 0.1) is 0 Å². The number of nitrogens with one attached hydrogen (secondary N) is 1. The van der Waals surface area contributed by atoms with Crippen molar-refractivity contribution in [3.63, 3.8) is 0 Å². The quantitative estimate of drug-likeness (QED) is 0.560. The number of aliphatic hydroxyl groups excluding tert-OH is 1. The molecule has 3 rings (SSSR count). The first-order valence-corrected chi connectivity index (χ1v) is 8.28. The van der Waals surface area contributed by atoms with Crippen LogP contribution in [0.4, 0.5) is 0 Å². The average molecular weight is 339 g/mol. The number of carbonyl (C=O) groups excluding carboxylic acids is 3. The average Bonchev–Trinajstić information content (AvgIpc) is 2.71. The molecule has 0 saturated carbocycles. The number of imide groups is 1. The molecule has 0 aromatic heterocycles. The Hall–Kier alpha value is -2.30. The van der Waals surface area contributed by atoms with Gasteiger partial charge in [0.05, 0.1) is 16.0 Å². The first-order valence-electron chi connectivity index (χ1n) is 6.74. The minimum Gasteiger partial charge on any atom is -0.374 e. The van der Waals surface area contributed by atoms with Gasteiger partial charge in [-0.15, -0.1) is 0 Å². The monoisotopic (exact) mass is 339 g/mol. The number of nitrogens with zero attached hydrogens (tertiary/aromatic N) is 1. The number of primary sulfonamides is 1. The summed E-state index contributed by atoms with van der Waals surface area (Å²) in [7, 11) is -4.20. The second-order valence-corrected chi connectivity index (χ2v) is 6.85. The highest BCUT2D eigenvalue weighted by molar-refractivity contribution is 7.89. The van der Waals surface area contributed by atoms with Crippen LogP contribution in [0.2, 0.25) is 0 Å². The standard InChI is InChI=1S/C13H13N3O6S/c14-23(21,22)8-3-1-2-6-10(8)13(20)16(12(6)19)7-4-5-9(17)15-11(7)18/h1-3,7,9,17H,4-5H2,(H,15,18)(H2,14,21,22). The molecule has 3 amide bonds. The van der Waals surface area contributed by atoms with E-state index in [1.54, 1.807) is 0 Å². The van der Waals surface area contributed by atoms with Gasteiger partial charge in [-0.1, -0.05) is 6.07 Å². The maximum Gasteiger partial charge on any atom is 0.263 e. The number of carbonyl (C=O) groups is 3. The van der Waals surface area contributed by atoms with Crippen molar-refractivity contribution in [3.05, 3.63) is 29.3 Å². The van der Waals surface area contributed by atoms with Crippen LogP contribution in [-0.2, 0) is 14.8 Å². The number of hydrogen-bond acceptors (Lipinski definition) is 6. The lowest BCUT2D eigenvalue weighted by Crippen LogP contribution is -2.55. The molecule has 1 aromatic rings. The molecule has 0 spiro atoms. The van der Waals surface area contributed by atoms with Gasteiger partial charge in [0.1, 0.15) is 12.3 Å². The Kier molecular flexibility index (Phi) is 3.47. The largest absolute Gasteiger partial charge is 0.374 e. The van der Waals surface area contributed by atoms with Crippen molar-refractivity contribution in [1.82, 2.24) is 10.2 Å². The maximum atomic E-state index is 12.5. The summed E-state index contributed by atoms with van der Waals surface area (Å²) in [6.45, 7) is 0. The summed E-state index contributed by atoms with van der Waals surface area (Å²) in [6.07, 6.45) is -0.774. The smallest absolute Gasteiger partial charge is 0.263 e. The number of piperidine rings is 1. The molecule has 0 bridgehead atoms. The van der Waals surface area contributed by atoms with Crippen LogP contribution in [-0.4, -0.2) is 48.4 Å². The molecule has 1 fully saturated rings. The molecule has 2 aliphatic heterocycles. The highest BCUT2D eigenvalue weighted by atomic mass is 32.2. The number of aliphatic hydroxyl groups is 1. The minimum atomic E-state index is -4.20. The van der Waals surface area contributed by atoms with Gasteiger partial charge in [-0.25, -0.2) is 13.6 Å². The number of benzene rings is 1. The molecule has 1 saturated heterocycles. The van der Waals surface area contributed by atoms with Gasteiger partial charge in [0.2, 0.25) is 15.9 Å². The van der Waals surface area contributed by atoms with E-state index in [2.05, 4.69) is 5.32 Å². The number of fused-ring (bicyclic) bond motifs is 1. The highest BCUT2D eigenvalue weighted by Crippen LogP contribution is 2.31. The Bertz CT molecular complexity index is 834. The summed E-state index contributed by atoms with van der Waals surface area (Å²) in [6, 6.07) is 2.64. The van der Waals surface area contributed by atoms with Gasteiger partial charge in [-0.05, 0) is 25.0 Å². The van der Waals surface area contributed by atoms with Gasteiger partial charge >= 0.3 is 0 Å². The van der Waals surface area contributed by atoms with Crippen molar-refractivity contribution in [2.24, 2.45) is 5.14 Å². The van der Waals surface area contributed by atoms with Crippen LogP contribution in [0.5, 0.6) is 0 Å². The van der Waals surface area contributed by atoms with Crippen LogP contribution in [0.1, 0.15) is 33.6 Å². The Morgan fingerprint density at radius 1 is 1.17 bits per heavy atom. The Morgan fingerprint density at radius 2 is 1.87 bits per heavy atom. The van der Waals surface area contributed by atoms with Crippen LogP contribution < -0.4 is 10.5 Å². The highest BCUT2D eigenvalue weighted by Gasteiger charge is 2.46. The minimum absolute atomic E-state index is 0.0865. The zero-order valence-corrected chi connectivity index (χ0v) is 12.5. The number of amides is 3. The van der Waals surface area contributed by atoms with Crippen molar-refractivity contribution in [3.8, 4) is 0 Å². The van der Waals surface area contributed by atoms with Gasteiger partial charge in [0.25, 0.3) is 11.8 Å². The molecule has 2 heterocycles. The van der Waals surface area contributed by atoms with E-state index in [0.717, 1.165) is 11.0 Å². The maximum absolute atomic E-state index is 12.5. The van der Waals surface area contributed by atoms with E-state index in [-0.39, 0.29) is 24.0 Å². The fourth-order valence-corrected chi connectivity index (χ4v) is 3.57. The molecule has 9 nitrogen and oxygen atoms in total. The third-order valence-corrected chi connectivity index (χ3v) is 4.80. The summed E-state index contributed by atoms with van der Waals surface area (Å²) in [5.74, 6) is -2.31. The molecule has 2 aliphatic rings. The molecule has 4 N–H and O–H groups in total. The predicted molar refractivity (Wildman–Crippen MR) is 75.5 cm³/mol. The van der Waals surface area contributed by atoms with Crippen molar-refractivity contribution in [2.45, 2.75) is 30.0 Å². The zero-order valence-electron chi connectivity index (χ0n) is 11.7. The fourth-order valence-electron chi connectivity index (χ4n) is 2.82. The van der Waals surface area contributed by atoms with Crippen LogP contribution in [0.3, 0.4) is 0 Å². The fraction of sp³-hybridized carbons (Fsp3) is 0.308. The lowest BCUT2D eigenvalue weighted by atomic mass is 10.0. The molecule has 0 aliphatic carbocycles. The second-order valence-electron chi connectivity index (χ2n) is 5.32. The number of rotatable bonds is 2. The second kappa shape index (κ2) is 5.11. The summed E-state index contributed by atoms with van der Waals surface area (Å²) < 4.78 is 23.2. The number of nitrogens with two attached hydrogens (primary N) is 1. The van der Waals surface area contributed by atoms with E-state index in [1.807, 2.05) is 0 Å². The van der Waals surface area contributed by atoms with Crippen molar-refractivity contribution >= 4 is 27.7 Å². The van der Waals surface area contributed by atoms with Gasteiger partial charge in [-0.2, -0.15) is 0 Å². The van der Waals surface area contributed by atoms with Gasteiger partial charge in [0.15, 0.2) is 0 Å². The van der Waals surface area contributed by atoms with Crippen LogP contribution >= 0.6 is 0 Å². The van der Waals surface area contributed by atoms with E-state index in [0.29, 0.717) is 0 Å². The number of hydrogen-bond donors (Lipinski definition) is 3. The van der Waals surface area contributed by atoms with Gasteiger partial charge in [0, 0.05) is 0 Å². The molecule has 2 unspecified atom stereocenters. The van der Waals surface area contributed by atoms with E-state index in [1.165, 1.54) is 12.1 Å². The first-order chi connectivity index (χ1) is 10.7. The summed E-state index contributed by atoms with van der Waals surface area (Å²) >= 11 is 0. The summed E-state index contributed by atoms with van der Waals surface area (Å²) in [4.78, 5) is 37.2. The third-order valence-electron chi connectivity index (χ3n) is 3.85. The van der Waals surface area contributed by atoms with Gasteiger partial charge in [-0.3, -0.25) is 19.3 Å². The molecule has 0 radical (unpaired) electrons. The molecule has 2 atom stereocenters. The Balaban J connectivity index is 2.07. The lowest BCUT2D eigenvalue weighted by Gasteiger charge is -2.31. The van der Waals surface area contributed by atoms with Crippen LogP contribution in [0.25, 0.3) is 0 Å². The summed E-state index contributed by atoms with van der Waals surface area (Å²) in [5, 5.41) is 16.7. The number of sulfonamides is 1. The molecule has 10 heteroatoms.